The van der Waals surface area contributed by atoms with E-state index in [9.17, 15) is 9.90 Å². The molecule has 0 bridgehead atoms. The highest BCUT2D eigenvalue weighted by Gasteiger charge is 2.26. The van der Waals surface area contributed by atoms with E-state index in [1.54, 1.807) is 18.2 Å². The number of nitrogens with zero attached hydrogens (tertiary/aromatic N) is 6. The van der Waals surface area contributed by atoms with Crippen LogP contribution in [-0.4, -0.2) is 66.8 Å². The van der Waals surface area contributed by atoms with Gasteiger partial charge >= 0.3 is 0 Å². The number of rotatable bonds is 7. The van der Waals surface area contributed by atoms with Crippen LogP contribution in [0.15, 0.2) is 24.4 Å². The third kappa shape index (κ3) is 5.29. The second-order valence-corrected chi connectivity index (χ2v) is 9.85. The SMILES string of the molecule is [C-]#[N+]c1cnc2c(Nc3ccc(C(=O)N4CCCC4)c(OC(C)C)n3)cc(NC3CCCC[C@H]3O)nn12. The lowest BCUT2D eigenvalue weighted by Crippen LogP contribution is -2.36. The Morgan fingerprint density at radius 2 is 1.97 bits per heavy atom. The lowest BCUT2D eigenvalue weighted by Gasteiger charge is -2.28. The summed E-state index contributed by atoms with van der Waals surface area (Å²) in [6.07, 6.45) is 6.48. The number of amides is 1. The first-order valence-electron chi connectivity index (χ1n) is 12.9. The van der Waals surface area contributed by atoms with Crippen LogP contribution in [0.3, 0.4) is 0 Å². The molecule has 11 nitrogen and oxygen atoms in total. The molecule has 1 saturated carbocycles. The largest absolute Gasteiger partial charge is 0.474 e. The summed E-state index contributed by atoms with van der Waals surface area (Å²) in [6, 6.07) is 5.15. The molecule has 0 radical (unpaired) electrons. The molecule has 0 aromatic carbocycles. The van der Waals surface area contributed by atoms with E-state index >= 15 is 0 Å². The number of nitrogens with one attached hydrogen (secondary N) is 2. The van der Waals surface area contributed by atoms with E-state index in [2.05, 4.69) is 30.5 Å². The van der Waals surface area contributed by atoms with Crippen LogP contribution in [0.1, 0.15) is 62.7 Å². The van der Waals surface area contributed by atoms with Crippen molar-refractivity contribution < 1.29 is 14.6 Å². The summed E-state index contributed by atoms with van der Waals surface area (Å²) < 4.78 is 7.41. The zero-order chi connectivity index (χ0) is 25.9. The van der Waals surface area contributed by atoms with Crippen molar-refractivity contribution in [3.63, 3.8) is 0 Å². The Hall–Kier alpha value is -3.91. The zero-order valence-electron chi connectivity index (χ0n) is 21.1. The van der Waals surface area contributed by atoms with Crippen LogP contribution in [-0.2, 0) is 0 Å². The number of aliphatic hydroxyl groups is 1. The minimum atomic E-state index is -0.455. The second kappa shape index (κ2) is 10.6. The molecule has 0 spiro atoms. The number of pyridine rings is 1. The van der Waals surface area contributed by atoms with Crippen molar-refractivity contribution in [2.24, 2.45) is 0 Å². The number of hydrogen-bond donors (Lipinski definition) is 3. The molecule has 1 unspecified atom stereocenters. The van der Waals surface area contributed by atoms with Crippen LogP contribution in [0.2, 0.25) is 0 Å². The number of fused-ring (bicyclic) bond motifs is 1. The molecule has 1 aliphatic carbocycles. The van der Waals surface area contributed by atoms with Gasteiger partial charge in [0.2, 0.25) is 5.88 Å². The highest BCUT2D eigenvalue weighted by atomic mass is 16.5. The fourth-order valence-corrected chi connectivity index (χ4v) is 4.88. The van der Waals surface area contributed by atoms with E-state index in [1.165, 1.54) is 10.7 Å². The molecule has 37 heavy (non-hydrogen) atoms. The predicted octanol–water partition coefficient (Wildman–Crippen LogP) is 4.16. The Morgan fingerprint density at radius 1 is 1.19 bits per heavy atom. The van der Waals surface area contributed by atoms with Crippen molar-refractivity contribution in [2.45, 2.75) is 70.6 Å². The van der Waals surface area contributed by atoms with Gasteiger partial charge in [0.25, 0.3) is 17.4 Å². The number of anilines is 3. The van der Waals surface area contributed by atoms with Crippen molar-refractivity contribution in [3.8, 4) is 5.88 Å². The Balaban J connectivity index is 1.48. The minimum absolute atomic E-state index is 0.0778. The number of aromatic nitrogens is 4. The lowest BCUT2D eigenvalue weighted by atomic mass is 9.92. The maximum atomic E-state index is 13.1. The van der Waals surface area contributed by atoms with E-state index in [4.69, 9.17) is 11.3 Å². The molecular weight excluding hydrogens is 472 g/mol. The number of ether oxygens (including phenoxy) is 1. The van der Waals surface area contributed by atoms with Crippen molar-refractivity contribution in [3.05, 3.63) is 41.4 Å². The van der Waals surface area contributed by atoms with Gasteiger partial charge < -0.3 is 30.2 Å². The van der Waals surface area contributed by atoms with Gasteiger partial charge in [-0.2, -0.15) is 4.98 Å². The van der Waals surface area contributed by atoms with Crippen LogP contribution in [0, 0.1) is 6.57 Å². The van der Waals surface area contributed by atoms with Crippen LogP contribution in [0.4, 0.5) is 23.1 Å². The summed E-state index contributed by atoms with van der Waals surface area (Å²) in [5.41, 5.74) is 1.48. The van der Waals surface area contributed by atoms with Crippen molar-refractivity contribution in [2.75, 3.05) is 23.7 Å². The normalized spacial score (nSPS) is 19.7. The van der Waals surface area contributed by atoms with Gasteiger partial charge in [-0.1, -0.05) is 24.5 Å². The van der Waals surface area contributed by atoms with Gasteiger partial charge in [0.1, 0.15) is 17.1 Å². The average molecular weight is 505 g/mol. The molecule has 11 heteroatoms. The van der Waals surface area contributed by atoms with Gasteiger partial charge in [-0.3, -0.25) is 4.79 Å². The summed E-state index contributed by atoms with van der Waals surface area (Å²) in [7, 11) is 0. The Bertz CT molecular complexity index is 1330. The molecule has 5 rings (SSSR count). The number of carbonyl (C=O) groups excluding carboxylic acids is 1. The summed E-state index contributed by atoms with van der Waals surface area (Å²) in [5, 5.41) is 21.6. The van der Waals surface area contributed by atoms with E-state index in [0.29, 0.717) is 28.5 Å². The molecule has 3 N–H and O–H groups in total. The fourth-order valence-electron chi connectivity index (χ4n) is 4.88. The molecular formula is C26H32N8O3. The smallest absolute Gasteiger partial charge is 0.275 e. The van der Waals surface area contributed by atoms with Gasteiger partial charge in [-0.15, -0.1) is 4.52 Å². The minimum Gasteiger partial charge on any atom is -0.474 e. The molecule has 3 aromatic rings. The van der Waals surface area contributed by atoms with Crippen LogP contribution in [0.25, 0.3) is 10.5 Å². The number of hydrogen-bond acceptors (Lipinski definition) is 8. The number of imidazole rings is 1. The maximum Gasteiger partial charge on any atom is 0.275 e. The van der Waals surface area contributed by atoms with E-state index in [1.807, 2.05) is 18.7 Å². The predicted molar refractivity (Wildman–Crippen MR) is 140 cm³/mol. The molecule has 2 aliphatic rings. The zero-order valence-corrected chi connectivity index (χ0v) is 21.1. The monoisotopic (exact) mass is 504 g/mol. The molecule has 4 heterocycles. The van der Waals surface area contributed by atoms with Gasteiger partial charge in [0, 0.05) is 19.2 Å². The average Bonchev–Trinajstić information content (AvgIpc) is 3.55. The van der Waals surface area contributed by atoms with Crippen molar-refractivity contribution in [1.29, 1.82) is 0 Å². The topological polar surface area (TPSA) is 121 Å². The summed E-state index contributed by atoms with van der Waals surface area (Å²) in [5.74, 6) is 1.46. The molecule has 1 aliphatic heterocycles. The quantitative estimate of drug-likeness (QED) is 0.410. The second-order valence-electron chi connectivity index (χ2n) is 9.85. The highest BCUT2D eigenvalue weighted by Crippen LogP contribution is 2.30. The van der Waals surface area contributed by atoms with Gasteiger partial charge in [0.05, 0.1) is 24.4 Å². The summed E-state index contributed by atoms with van der Waals surface area (Å²) >= 11 is 0. The maximum absolute atomic E-state index is 13.1. The van der Waals surface area contributed by atoms with Gasteiger partial charge in [-0.25, -0.2) is 4.98 Å². The molecule has 3 aromatic heterocycles. The standard InChI is InChI=1S/C26H32N8O3/c1-16(2)37-25-17(26(36)33-12-6-7-13-33)10-11-21(31-25)30-19-14-22(29-18-8-4-5-9-20(18)35)32-34-23(27-3)15-28-24(19)34/h10-11,14-16,18,20,35H,4-9,12-13H2,1-2H3,(H,29,32)(H,30,31)/t18?,20-/m1/s1. The highest BCUT2D eigenvalue weighted by molar-refractivity contribution is 5.97. The third-order valence-corrected chi connectivity index (χ3v) is 6.72. The number of likely N-dealkylation sites (tertiary alicyclic amines) is 1. The first-order valence-corrected chi connectivity index (χ1v) is 12.9. The van der Waals surface area contributed by atoms with E-state index in [-0.39, 0.29) is 29.8 Å². The molecule has 2 atom stereocenters. The van der Waals surface area contributed by atoms with Crippen LogP contribution < -0.4 is 15.4 Å². The lowest BCUT2D eigenvalue weighted by molar-refractivity contribution is 0.0785. The first-order chi connectivity index (χ1) is 17.9. The Kier molecular flexibility index (Phi) is 7.10. The molecule has 194 valence electrons. The Morgan fingerprint density at radius 3 is 2.70 bits per heavy atom. The van der Waals surface area contributed by atoms with Crippen LogP contribution in [0.5, 0.6) is 5.88 Å². The molecule has 1 amide bonds. The van der Waals surface area contributed by atoms with Gasteiger partial charge in [-0.05, 0) is 51.7 Å². The summed E-state index contributed by atoms with van der Waals surface area (Å²) in [4.78, 5) is 27.5. The van der Waals surface area contributed by atoms with Crippen LogP contribution >= 0.6 is 0 Å². The molecule has 2 fully saturated rings. The third-order valence-electron chi connectivity index (χ3n) is 6.72. The number of aliphatic hydroxyl groups excluding tert-OH is 1. The van der Waals surface area contributed by atoms with Gasteiger partial charge in [0.15, 0.2) is 5.82 Å². The summed E-state index contributed by atoms with van der Waals surface area (Å²) in [6.45, 7) is 12.8. The van der Waals surface area contributed by atoms with Crippen molar-refractivity contribution in [1.82, 2.24) is 24.5 Å². The van der Waals surface area contributed by atoms with Crippen molar-refractivity contribution >= 4 is 34.7 Å². The molecule has 1 saturated heterocycles. The Labute approximate surface area is 215 Å². The van der Waals surface area contributed by atoms with E-state index in [0.717, 1.165) is 51.6 Å². The van der Waals surface area contributed by atoms with E-state index < -0.39 is 6.10 Å². The first kappa shape index (κ1) is 24.8. The fraction of sp³-hybridized carbons (Fsp3) is 0.500. The number of carbonyl (C=O) groups is 1.